The van der Waals surface area contributed by atoms with Crippen LogP contribution < -0.4 is 0 Å². The van der Waals surface area contributed by atoms with E-state index in [2.05, 4.69) is 68.1 Å². The minimum atomic E-state index is 0.652. The zero-order valence-corrected chi connectivity index (χ0v) is 12.4. The van der Waals surface area contributed by atoms with Gasteiger partial charge in [-0.25, -0.2) is 0 Å². The molecule has 18 heavy (non-hydrogen) atoms. The summed E-state index contributed by atoms with van der Waals surface area (Å²) >= 11 is 0. The van der Waals surface area contributed by atoms with Crippen molar-refractivity contribution in [1.82, 2.24) is 9.80 Å². The van der Waals surface area contributed by atoms with Crippen molar-refractivity contribution in [2.75, 3.05) is 40.3 Å². The lowest BCUT2D eigenvalue weighted by Gasteiger charge is -2.24. The molecule has 0 aliphatic rings. The van der Waals surface area contributed by atoms with E-state index in [-0.39, 0.29) is 0 Å². The molecular weight excluding hydrogens is 220 g/mol. The van der Waals surface area contributed by atoms with Gasteiger partial charge in [0.1, 0.15) is 0 Å². The molecular formula is C16H28N2. The molecule has 1 rings (SSSR count). The molecule has 0 saturated carbocycles. The van der Waals surface area contributed by atoms with E-state index in [0.29, 0.717) is 5.92 Å². The van der Waals surface area contributed by atoms with Gasteiger partial charge in [-0.2, -0.15) is 0 Å². The number of hydrogen-bond acceptors (Lipinski definition) is 2. The second-order valence-corrected chi connectivity index (χ2v) is 5.34. The summed E-state index contributed by atoms with van der Waals surface area (Å²) < 4.78 is 0. The molecule has 0 amide bonds. The topological polar surface area (TPSA) is 6.48 Å². The predicted molar refractivity (Wildman–Crippen MR) is 80.1 cm³/mol. The van der Waals surface area contributed by atoms with Crippen LogP contribution in [-0.4, -0.2) is 50.1 Å². The van der Waals surface area contributed by atoms with Crippen molar-refractivity contribution < 1.29 is 0 Å². The van der Waals surface area contributed by atoms with Crippen molar-refractivity contribution in [2.45, 2.75) is 26.2 Å². The Hall–Kier alpha value is -0.860. The van der Waals surface area contributed by atoms with Crippen LogP contribution in [0.4, 0.5) is 0 Å². The van der Waals surface area contributed by atoms with Crippen LogP contribution in [0.5, 0.6) is 0 Å². The average Bonchev–Trinajstić information content (AvgIpc) is 2.39. The molecule has 0 spiro atoms. The lowest BCUT2D eigenvalue weighted by molar-refractivity contribution is 0.244. The molecule has 1 atom stereocenters. The molecule has 1 aromatic rings. The smallest absolute Gasteiger partial charge is 0.0109 e. The van der Waals surface area contributed by atoms with Crippen molar-refractivity contribution in [2.24, 2.45) is 0 Å². The number of rotatable bonds is 8. The highest BCUT2D eigenvalue weighted by Crippen LogP contribution is 2.18. The van der Waals surface area contributed by atoms with Crippen LogP contribution in [0.15, 0.2) is 30.3 Å². The van der Waals surface area contributed by atoms with E-state index < -0.39 is 0 Å². The Morgan fingerprint density at radius 1 is 1.00 bits per heavy atom. The quantitative estimate of drug-likeness (QED) is 0.697. The molecule has 0 aliphatic heterocycles. The molecule has 0 bridgehead atoms. The van der Waals surface area contributed by atoms with E-state index in [4.69, 9.17) is 0 Å². The highest BCUT2D eigenvalue weighted by atomic mass is 15.2. The molecule has 1 aromatic carbocycles. The molecule has 0 radical (unpaired) electrons. The van der Waals surface area contributed by atoms with Crippen LogP contribution in [0.2, 0.25) is 0 Å². The Balaban J connectivity index is 2.34. The largest absolute Gasteiger partial charge is 0.308 e. The van der Waals surface area contributed by atoms with E-state index in [1.165, 1.54) is 25.1 Å². The van der Waals surface area contributed by atoms with Gasteiger partial charge < -0.3 is 9.80 Å². The summed E-state index contributed by atoms with van der Waals surface area (Å²) in [4.78, 5) is 4.79. The third kappa shape index (κ3) is 5.65. The van der Waals surface area contributed by atoms with Crippen LogP contribution in [0, 0.1) is 0 Å². The lowest BCUT2D eigenvalue weighted by Crippen LogP contribution is -2.32. The van der Waals surface area contributed by atoms with Crippen molar-refractivity contribution in [3.63, 3.8) is 0 Å². The lowest BCUT2D eigenvalue weighted by atomic mass is 9.98. The van der Waals surface area contributed by atoms with Crippen LogP contribution in [0.25, 0.3) is 0 Å². The number of hydrogen-bond donors (Lipinski definition) is 0. The molecule has 2 nitrogen and oxygen atoms in total. The highest BCUT2D eigenvalue weighted by molar-refractivity contribution is 5.18. The van der Waals surface area contributed by atoms with Gasteiger partial charge in [0.05, 0.1) is 0 Å². The predicted octanol–water partition coefficient (Wildman–Crippen LogP) is 3.06. The monoisotopic (exact) mass is 248 g/mol. The SMILES string of the molecule is CCN(CCC(C)c1ccccc1)CCN(C)C. The van der Waals surface area contributed by atoms with Crippen molar-refractivity contribution in [3.05, 3.63) is 35.9 Å². The normalized spacial score (nSPS) is 13.2. The molecule has 2 heteroatoms. The summed E-state index contributed by atoms with van der Waals surface area (Å²) in [6.45, 7) is 9.24. The summed E-state index contributed by atoms with van der Waals surface area (Å²) in [5.74, 6) is 0.652. The Morgan fingerprint density at radius 3 is 2.22 bits per heavy atom. The average molecular weight is 248 g/mol. The van der Waals surface area contributed by atoms with Crippen molar-refractivity contribution in [3.8, 4) is 0 Å². The number of nitrogens with zero attached hydrogens (tertiary/aromatic N) is 2. The molecule has 0 N–H and O–H groups in total. The maximum absolute atomic E-state index is 2.54. The zero-order chi connectivity index (χ0) is 13.4. The van der Waals surface area contributed by atoms with Gasteiger partial charge in [-0.1, -0.05) is 44.2 Å². The third-order valence-electron chi connectivity index (χ3n) is 3.56. The first-order valence-electron chi connectivity index (χ1n) is 7.05. The van der Waals surface area contributed by atoms with Crippen molar-refractivity contribution >= 4 is 0 Å². The van der Waals surface area contributed by atoms with Crippen LogP contribution in [0.1, 0.15) is 31.7 Å². The van der Waals surface area contributed by atoms with Gasteiger partial charge >= 0.3 is 0 Å². The van der Waals surface area contributed by atoms with E-state index in [0.717, 1.165) is 13.1 Å². The number of likely N-dealkylation sites (N-methyl/N-ethyl adjacent to an activating group) is 2. The first-order chi connectivity index (χ1) is 8.63. The fourth-order valence-corrected chi connectivity index (χ4v) is 2.09. The molecule has 0 saturated heterocycles. The zero-order valence-electron chi connectivity index (χ0n) is 12.4. The van der Waals surface area contributed by atoms with Crippen molar-refractivity contribution in [1.29, 1.82) is 0 Å². The summed E-state index contributed by atoms with van der Waals surface area (Å²) in [6.07, 6.45) is 1.24. The maximum Gasteiger partial charge on any atom is 0.0109 e. The Bertz CT molecular complexity index is 308. The standard InChI is InChI=1S/C16H28N2/c1-5-18(14-13-17(3)4)12-11-15(2)16-9-7-6-8-10-16/h6-10,15H,5,11-14H2,1-4H3. The van der Waals surface area contributed by atoms with Gasteiger partial charge in [0, 0.05) is 13.1 Å². The summed E-state index contributed by atoms with van der Waals surface area (Å²) in [5, 5.41) is 0. The van der Waals surface area contributed by atoms with Gasteiger partial charge in [0.25, 0.3) is 0 Å². The second kappa shape index (κ2) is 8.28. The van der Waals surface area contributed by atoms with Crippen LogP contribution in [0.3, 0.4) is 0 Å². The maximum atomic E-state index is 2.54. The van der Waals surface area contributed by atoms with Crippen LogP contribution in [-0.2, 0) is 0 Å². The Kier molecular flexibility index (Phi) is 6.99. The highest BCUT2D eigenvalue weighted by Gasteiger charge is 2.08. The van der Waals surface area contributed by atoms with Crippen LogP contribution >= 0.6 is 0 Å². The van der Waals surface area contributed by atoms with E-state index in [1.54, 1.807) is 0 Å². The number of benzene rings is 1. The first kappa shape index (κ1) is 15.2. The summed E-state index contributed by atoms with van der Waals surface area (Å²) in [6, 6.07) is 10.8. The second-order valence-electron chi connectivity index (χ2n) is 5.34. The van der Waals surface area contributed by atoms with Gasteiger partial charge in [-0.15, -0.1) is 0 Å². The fraction of sp³-hybridized carbons (Fsp3) is 0.625. The van der Waals surface area contributed by atoms with Gasteiger partial charge in [0.15, 0.2) is 0 Å². The van der Waals surface area contributed by atoms with E-state index >= 15 is 0 Å². The van der Waals surface area contributed by atoms with E-state index in [9.17, 15) is 0 Å². The summed E-state index contributed by atoms with van der Waals surface area (Å²) in [7, 11) is 4.28. The Labute approximate surface area is 113 Å². The Morgan fingerprint density at radius 2 is 1.67 bits per heavy atom. The molecule has 0 aliphatic carbocycles. The minimum absolute atomic E-state index is 0.652. The molecule has 0 heterocycles. The molecule has 102 valence electrons. The summed E-state index contributed by atoms with van der Waals surface area (Å²) in [5.41, 5.74) is 1.46. The molecule has 1 unspecified atom stereocenters. The third-order valence-corrected chi connectivity index (χ3v) is 3.56. The first-order valence-corrected chi connectivity index (χ1v) is 7.05. The molecule has 0 aromatic heterocycles. The fourth-order valence-electron chi connectivity index (χ4n) is 2.09. The minimum Gasteiger partial charge on any atom is -0.308 e. The van der Waals surface area contributed by atoms with Gasteiger partial charge in [-0.3, -0.25) is 0 Å². The van der Waals surface area contributed by atoms with Gasteiger partial charge in [0.2, 0.25) is 0 Å². The van der Waals surface area contributed by atoms with Gasteiger partial charge in [-0.05, 0) is 45.1 Å². The van der Waals surface area contributed by atoms with E-state index in [1.807, 2.05) is 0 Å². The molecule has 0 fully saturated rings.